The fourth-order valence-electron chi connectivity index (χ4n) is 3.15. The highest BCUT2D eigenvalue weighted by Gasteiger charge is 2.24. The van der Waals surface area contributed by atoms with E-state index in [0.29, 0.717) is 23.5 Å². The summed E-state index contributed by atoms with van der Waals surface area (Å²) in [5, 5.41) is 3.07. The van der Waals surface area contributed by atoms with Gasteiger partial charge in [-0.15, -0.1) is 0 Å². The Morgan fingerprint density at radius 3 is 2.24 bits per heavy atom. The van der Waals surface area contributed by atoms with E-state index in [1.165, 1.54) is 6.26 Å². The second-order valence-corrected chi connectivity index (χ2v) is 8.32. The van der Waals surface area contributed by atoms with Gasteiger partial charge < -0.3 is 10.2 Å². The Balaban J connectivity index is 1.64. The predicted octanol–water partition coefficient (Wildman–Crippen LogP) is 2.49. The van der Waals surface area contributed by atoms with Gasteiger partial charge in [0, 0.05) is 31.0 Å². The van der Waals surface area contributed by atoms with Gasteiger partial charge in [0.2, 0.25) is 0 Å². The van der Waals surface area contributed by atoms with Gasteiger partial charge in [-0.3, -0.25) is 4.79 Å². The molecule has 1 aliphatic rings. The fourth-order valence-corrected chi connectivity index (χ4v) is 4.06. The van der Waals surface area contributed by atoms with E-state index in [4.69, 9.17) is 0 Å². The number of nitrogens with zero attached hydrogens (tertiary/aromatic N) is 1. The van der Waals surface area contributed by atoms with Gasteiger partial charge in [0.25, 0.3) is 5.91 Å². The molecule has 1 N–H and O–H groups in total. The third-order valence-electron chi connectivity index (χ3n) is 4.47. The maximum absolute atomic E-state index is 12.2. The molecule has 6 heteroatoms. The summed E-state index contributed by atoms with van der Waals surface area (Å²) in [6, 6.07) is 16.4. The van der Waals surface area contributed by atoms with E-state index in [1.807, 2.05) is 30.3 Å². The molecule has 5 nitrogen and oxygen atoms in total. The Bertz CT molecular complexity index is 842. The number of rotatable bonds is 4. The highest BCUT2D eigenvalue weighted by atomic mass is 32.2. The van der Waals surface area contributed by atoms with E-state index in [-0.39, 0.29) is 11.9 Å². The molecule has 0 unspecified atom stereocenters. The Hall–Kier alpha value is -2.34. The standard InChI is InChI=1S/C19H22N2O3S/c1-25(23,24)18-10-6-5-9-17(18)21-13-11-16(12-14-21)20-19(22)15-7-3-2-4-8-15/h2-10,16H,11-14H2,1H3,(H,20,22). The first-order valence-electron chi connectivity index (χ1n) is 8.35. The van der Waals surface area contributed by atoms with Crippen molar-refractivity contribution in [1.82, 2.24) is 5.32 Å². The monoisotopic (exact) mass is 358 g/mol. The average Bonchev–Trinajstić information content (AvgIpc) is 2.62. The van der Waals surface area contributed by atoms with Crippen molar-refractivity contribution in [2.75, 3.05) is 24.2 Å². The number of para-hydroxylation sites is 1. The van der Waals surface area contributed by atoms with Crippen LogP contribution in [-0.2, 0) is 9.84 Å². The fraction of sp³-hybridized carbons (Fsp3) is 0.316. The van der Waals surface area contributed by atoms with Gasteiger partial charge in [-0.05, 0) is 37.1 Å². The third-order valence-corrected chi connectivity index (χ3v) is 5.62. The molecule has 0 aromatic heterocycles. The van der Waals surface area contributed by atoms with Crippen molar-refractivity contribution < 1.29 is 13.2 Å². The zero-order valence-corrected chi connectivity index (χ0v) is 15.0. The van der Waals surface area contributed by atoms with E-state index >= 15 is 0 Å². The minimum Gasteiger partial charge on any atom is -0.370 e. The van der Waals surface area contributed by atoms with Crippen LogP contribution in [0.3, 0.4) is 0 Å². The van der Waals surface area contributed by atoms with E-state index in [2.05, 4.69) is 10.2 Å². The van der Waals surface area contributed by atoms with Crippen LogP contribution >= 0.6 is 0 Å². The zero-order chi connectivity index (χ0) is 17.9. The van der Waals surface area contributed by atoms with Crippen molar-refractivity contribution >= 4 is 21.4 Å². The summed E-state index contributed by atoms with van der Waals surface area (Å²) in [5.74, 6) is -0.0596. The topological polar surface area (TPSA) is 66.5 Å². The molecule has 25 heavy (non-hydrogen) atoms. The Labute approximate surface area is 148 Å². The summed E-state index contributed by atoms with van der Waals surface area (Å²) >= 11 is 0. The van der Waals surface area contributed by atoms with Crippen LogP contribution < -0.4 is 10.2 Å². The largest absolute Gasteiger partial charge is 0.370 e. The Kier molecular flexibility index (Phi) is 5.08. The molecule has 0 bridgehead atoms. The first-order chi connectivity index (χ1) is 11.9. The van der Waals surface area contributed by atoms with Crippen LogP contribution in [0.2, 0.25) is 0 Å². The molecule has 0 atom stereocenters. The molecule has 1 heterocycles. The first-order valence-corrected chi connectivity index (χ1v) is 10.2. The number of hydrogen-bond acceptors (Lipinski definition) is 4. The van der Waals surface area contributed by atoms with Crippen LogP contribution in [0.1, 0.15) is 23.2 Å². The van der Waals surface area contributed by atoms with E-state index in [9.17, 15) is 13.2 Å². The van der Waals surface area contributed by atoms with Crippen LogP contribution in [0.5, 0.6) is 0 Å². The number of nitrogens with one attached hydrogen (secondary N) is 1. The lowest BCUT2D eigenvalue weighted by Gasteiger charge is -2.34. The van der Waals surface area contributed by atoms with Crippen molar-refractivity contribution in [2.24, 2.45) is 0 Å². The number of benzene rings is 2. The normalized spacial score (nSPS) is 15.8. The summed E-state index contributed by atoms with van der Waals surface area (Å²) in [5.41, 5.74) is 1.41. The van der Waals surface area contributed by atoms with Gasteiger partial charge in [-0.1, -0.05) is 30.3 Å². The number of carbonyl (C=O) groups excluding carboxylic acids is 1. The van der Waals surface area contributed by atoms with Crippen molar-refractivity contribution in [1.29, 1.82) is 0 Å². The van der Waals surface area contributed by atoms with Gasteiger partial charge in [0.15, 0.2) is 9.84 Å². The lowest BCUT2D eigenvalue weighted by atomic mass is 10.0. The van der Waals surface area contributed by atoms with Gasteiger partial charge in [-0.25, -0.2) is 8.42 Å². The number of amides is 1. The van der Waals surface area contributed by atoms with Crippen LogP contribution in [0.4, 0.5) is 5.69 Å². The molecule has 2 aromatic rings. The van der Waals surface area contributed by atoms with E-state index in [1.54, 1.807) is 24.3 Å². The molecule has 0 aliphatic carbocycles. The summed E-state index contributed by atoms with van der Waals surface area (Å²) in [6.45, 7) is 1.43. The zero-order valence-electron chi connectivity index (χ0n) is 14.2. The first kappa shape index (κ1) is 17.5. The van der Waals surface area contributed by atoms with Crippen molar-refractivity contribution in [2.45, 2.75) is 23.8 Å². The molecule has 1 amide bonds. The molecular formula is C19H22N2O3S. The molecule has 132 valence electrons. The van der Waals surface area contributed by atoms with Gasteiger partial charge in [0.1, 0.15) is 0 Å². The van der Waals surface area contributed by atoms with Crippen molar-refractivity contribution in [3.05, 3.63) is 60.2 Å². The van der Waals surface area contributed by atoms with E-state index in [0.717, 1.165) is 18.5 Å². The highest BCUT2D eigenvalue weighted by molar-refractivity contribution is 7.90. The Morgan fingerprint density at radius 2 is 1.60 bits per heavy atom. The number of hydrogen-bond donors (Lipinski definition) is 1. The number of anilines is 1. The molecule has 1 saturated heterocycles. The molecular weight excluding hydrogens is 336 g/mol. The maximum Gasteiger partial charge on any atom is 0.251 e. The van der Waals surface area contributed by atoms with Crippen molar-refractivity contribution in [3.8, 4) is 0 Å². The highest BCUT2D eigenvalue weighted by Crippen LogP contribution is 2.27. The molecule has 3 rings (SSSR count). The SMILES string of the molecule is CS(=O)(=O)c1ccccc1N1CCC(NC(=O)c2ccccc2)CC1. The second-order valence-electron chi connectivity index (χ2n) is 6.34. The van der Waals surface area contributed by atoms with Crippen LogP contribution in [-0.4, -0.2) is 39.7 Å². The lowest BCUT2D eigenvalue weighted by Crippen LogP contribution is -2.45. The minimum atomic E-state index is -3.26. The van der Waals surface area contributed by atoms with Gasteiger partial charge in [-0.2, -0.15) is 0 Å². The molecule has 0 saturated carbocycles. The second kappa shape index (κ2) is 7.27. The summed E-state index contributed by atoms with van der Waals surface area (Å²) < 4.78 is 24.0. The predicted molar refractivity (Wildman–Crippen MR) is 98.7 cm³/mol. The van der Waals surface area contributed by atoms with Gasteiger partial charge in [0.05, 0.1) is 10.6 Å². The molecule has 1 aliphatic heterocycles. The summed E-state index contributed by atoms with van der Waals surface area (Å²) in [7, 11) is -3.26. The average molecular weight is 358 g/mol. The van der Waals surface area contributed by atoms with Gasteiger partial charge >= 0.3 is 0 Å². The maximum atomic E-state index is 12.2. The number of piperidine rings is 1. The van der Waals surface area contributed by atoms with Crippen molar-refractivity contribution in [3.63, 3.8) is 0 Å². The number of sulfone groups is 1. The molecule has 2 aromatic carbocycles. The quantitative estimate of drug-likeness (QED) is 0.912. The lowest BCUT2D eigenvalue weighted by molar-refractivity contribution is 0.0931. The van der Waals surface area contributed by atoms with Crippen LogP contribution in [0.25, 0.3) is 0 Å². The number of carbonyl (C=O) groups is 1. The molecule has 1 fully saturated rings. The third kappa shape index (κ3) is 4.20. The summed E-state index contributed by atoms with van der Waals surface area (Å²) in [4.78, 5) is 14.7. The summed E-state index contributed by atoms with van der Waals surface area (Å²) in [6.07, 6.45) is 2.81. The van der Waals surface area contributed by atoms with E-state index < -0.39 is 9.84 Å². The Morgan fingerprint density at radius 1 is 1.00 bits per heavy atom. The van der Waals surface area contributed by atoms with Crippen LogP contribution in [0, 0.1) is 0 Å². The van der Waals surface area contributed by atoms with Crippen LogP contribution in [0.15, 0.2) is 59.5 Å². The molecule has 0 radical (unpaired) electrons. The molecule has 0 spiro atoms. The smallest absolute Gasteiger partial charge is 0.251 e. The minimum absolute atomic E-state index is 0.0596.